The van der Waals surface area contributed by atoms with Gasteiger partial charge >= 0.3 is 0 Å². The number of hydrogen-bond acceptors (Lipinski definition) is 2. The van der Waals surface area contributed by atoms with E-state index in [2.05, 4.69) is 49.2 Å². The lowest BCUT2D eigenvalue weighted by Gasteiger charge is -2.40. The van der Waals surface area contributed by atoms with Gasteiger partial charge in [-0.05, 0) is 60.8 Å². The molecule has 2 heterocycles. The van der Waals surface area contributed by atoms with Gasteiger partial charge in [0.15, 0.2) is 0 Å². The Hall–Kier alpha value is -1.18. The molecule has 20 heavy (non-hydrogen) atoms. The molecule has 110 valence electrons. The third-order valence-electron chi connectivity index (χ3n) is 5.11. The molecule has 1 saturated heterocycles. The number of nitrogens with one attached hydrogen (secondary N) is 1. The van der Waals surface area contributed by atoms with E-state index in [-0.39, 0.29) is 0 Å². The molecule has 2 heteroatoms. The topological polar surface area (TPSA) is 15.3 Å². The summed E-state index contributed by atoms with van der Waals surface area (Å²) in [6.07, 6.45) is 5.16. The summed E-state index contributed by atoms with van der Waals surface area (Å²) in [5.74, 6) is 0.873. The van der Waals surface area contributed by atoms with Crippen molar-refractivity contribution in [2.75, 3.05) is 29.9 Å². The number of aryl methyl sites for hydroxylation is 1. The van der Waals surface area contributed by atoms with Crippen molar-refractivity contribution in [1.82, 2.24) is 0 Å². The molecule has 0 atom stereocenters. The SMILES string of the molecule is CC(C)(C)C1CCN(c2ccc3c(c2)CCCN3)CC1. The molecule has 2 aliphatic heterocycles. The molecule has 1 N–H and O–H groups in total. The molecule has 0 spiro atoms. The van der Waals surface area contributed by atoms with E-state index in [1.54, 1.807) is 0 Å². The summed E-state index contributed by atoms with van der Waals surface area (Å²) < 4.78 is 0. The molecule has 0 bridgehead atoms. The fourth-order valence-electron chi connectivity index (χ4n) is 3.66. The Labute approximate surface area is 123 Å². The van der Waals surface area contributed by atoms with E-state index >= 15 is 0 Å². The number of piperidine rings is 1. The number of anilines is 2. The van der Waals surface area contributed by atoms with Crippen LogP contribution in [0.3, 0.4) is 0 Å². The molecule has 0 radical (unpaired) electrons. The Balaban J connectivity index is 1.69. The monoisotopic (exact) mass is 272 g/mol. The molecule has 0 aromatic heterocycles. The highest BCUT2D eigenvalue weighted by Crippen LogP contribution is 2.36. The highest BCUT2D eigenvalue weighted by atomic mass is 15.1. The van der Waals surface area contributed by atoms with Crippen LogP contribution in [-0.2, 0) is 6.42 Å². The standard InChI is InChI=1S/C18H28N2/c1-18(2,3)15-8-11-20(12-9-15)16-6-7-17-14(13-16)5-4-10-19-17/h6-7,13,15,19H,4-5,8-12H2,1-3H3. The van der Waals surface area contributed by atoms with Gasteiger partial charge < -0.3 is 10.2 Å². The van der Waals surface area contributed by atoms with Crippen molar-refractivity contribution in [2.45, 2.75) is 46.5 Å². The minimum atomic E-state index is 0.464. The van der Waals surface area contributed by atoms with E-state index in [0.717, 1.165) is 12.5 Å². The minimum Gasteiger partial charge on any atom is -0.385 e. The summed E-state index contributed by atoms with van der Waals surface area (Å²) in [6.45, 7) is 10.7. The molecular formula is C18H28N2. The van der Waals surface area contributed by atoms with Gasteiger partial charge in [0.05, 0.1) is 0 Å². The van der Waals surface area contributed by atoms with Crippen molar-refractivity contribution in [1.29, 1.82) is 0 Å². The summed E-state index contributed by atoms with van der Waals surface area (Å²) >= 11 is 0. The highest BCUT2D eigenvalue weighted by molar-refractivity contribution is 5.61. The van der Waals surface area contributed by atoms with Crippen LogP contribution in [0.15, 0.2) is 18.2 Å². The van der Waals surface area contributed by atoms with Crippen molar-refractivity contribution >= 4 is 11.4 Å². The van der Waals surface area contributed by atoms with Gasteiger partial charge in [0.1, 0.15) is 0 Å². The van der Waals surface area contributed by atoms with Crippen molar-refractivity contribution in [3.05, 3.63) is 23.8 Å². The zero-order valence-corrected chi connectivity index (χ0v) is 13.2. The Morgan fingerprint density at radius 3 is 2.60 bits per heavy atom. The van der Waals surface area contributed by atoms with E-state index in [1.165, 1.54) is 55.7 Å². The normalized spacial score (nSPS) is 20.4. The molecule has 2 aliphatic rings. The van der Waals surface area contributed by atoms with Crippen LogP contribution >= 0.6 is 0 Å². The van der Waals surface area contributed by atoms with Crippen LogP contribution in [0.25, 0.3) is 0 Å². The molecular weight excluding hydrogens is 244 g/mol. The van der Waals surface area contributed by atoms with E-state index in [1.807, 2.05) is 0 Å². The zero-order chi connectivity index (χ0) is 14.2. The quantitative estimate of drug-likeness (QED) is 0.819. The predicted octanol–water partition coefficient (Wildman–Crippen LogP) is 4.31. The maximum atomic E-state index is 3.50. The Bertz CT molecular complexity index is 465. The zero-order valence-electron chi connectivity index (χ0n) is 13.2. The molecule has 0 amide bonds. The second kappa shape index (κ2) is 5.31. The van der Waals surface area contributed by atoms with Gasteiger partial charge in [-0.1, -0.05) is 20.8 Å². The summed E-state index contributed by atoms with van der Waals surface area (Å²) in [6, 6.07) is 6.99. The first-order valence-corrected chi connectivity index (χ1v) is 8.16. The van der Waals surface area contributed by atoms with Gasteiger partial charge in [0.25, 0.3) is 0 Å². The van der Waals surface area contributed by atoms with Gasteiger partial charge in [-0.15, -0.1) is 0 Å². The fraction of sp³-hybridized carbons (Fsp3) is 0.667. The minimum absolute atomic E-state index is 0.464. The van der Waals surface area contributed by atoms with Crippen molar-refractivity contribution in [3.8, 4) is 0 Å². The maximum Gasteiger partial charge on any atom is 0.0374 e. The highest BCUT2D eigenvalue weighted by Gasteiger charge is 2.28. The molecule has 1 aromatic carbocycles. The van der Waals surface area contributed by atoms with Crippen LogP contribution in [0.4, 0.5) is 11.4 Å². The van der Waals surface area contributed by atoms with Gasteiger partial charge in [-0.25, -0.2) is 0 Å². The van der Waals surface area contributed by atoms with Crippen LogP contribution in [0.5, 0.6) is 0 Å². The summed E-state index contributed by atoms with van der Waals surface area (Å²) in [5.41, 5.74) is 4.75. The number of hydrogen-bond donors (Lipinski definition) is 1. The van der Waals surface area contributed by atoms with Crippen LogP contribution < -0.4 is 10.2 Å². The van der Waals surface area contributed by atoms with E-state index in [4.69, 9.17) is 0 Å². The lowest BCUT2D eigenvalue weighted by atomic mass is 9.75. The molecule has 1 fully saturated rings. The van der Waals surface area contributed by atoms with Crippen molar-refractivity contribution < 1.29 is 0 Å². The molecule has 0 aliphatic carbocycles. The largest absolute Gasteiger partial charge is 0.385 e. The first-order chi connectivity index (χ1) is 9.54. The third kappa shape index (κ3) is 2.79. The molecule has 3 rings (SSSR count). The molecule has 1 aromatic rings. The van der Waals surface area contributed by atoms with Gasteiger partial charge in [0, 0.05) is 31.0 Å². The number of rotatable bonds is 1. The van der Waals surface area contributed by atoms with Crippen LogP contribution in [0.2, 0.25) is 0 Å². The average molecular weight is 272 g/mol. The van der Waals surface area contributed by atoms with Crippen LogP contribution in [0, 0.1) is 11.3 Å². The van der Waals surface area contributed by atoms with E-state index in [0.29, 0.717) is 5.41 Å². The fourth-order valence-corrected chi connectivity index (χ4v) is 3.66. The van der Waals surface area contributed by atoms with Crippen molar-refractivity contribution in [3.63, 3.8) is 0 Å². The second-order valence-corrected chi connectivity index (χ2v) is 7.50. The van der Waals surface area contributed by atoms with E-state index < -0.39 is 0 Å². The van der Waals surface area contributed by atoms with Crippen LogP contribution in [0.1, 0.15) is 45.6 Å². The Morgan fingerprint density at radius 1 is 1.15 bits per heavy atom. The van der Waals surface area contributed by atoms with Gasteiger partial charge in [0.2, 0.25) is 0 Å². The average Bonchev–Trinajstić information content (AvgIpc) is 2.46. The lowest BCUT2D eigenvalue weighted by Crippen LogP contribution is -2.38. The predicted molar refractivity (Wildman–Crippen MR) is 87.6 cm³/mol. The first-order valence-electron chi connectivity index (χ1n) is 8.16. The first kappa shape index (κ1) is 13.8. The lowest BCUT2D eigenvalue weighted by molar-refractivity contribution is 0.199. The summed E-state index contributed by atoms with van der Waals surface area (Å²) in [5, 5.41) is 3.50. The second-order valence-electron chi connectivity index (χ2n) is 7.50. The number of nitrogens with zero attached hydrogens (tertiary/aromatic N) is 1. The third-order valence-corrected chi connectivity index (χ3v) is 5.11. The Morgan fingerprint density at radius 2 is 1.90 bits per heavy atom. The van der Waals surface area contributed by atoms with Crippen molar-refractivity contribution in [2.24, 2.45) is 11.3 Å². The smallest absolute Gasteiger partial charge is 0.0374 e. The summed E-state index contributed by atoms with van der Waals surface area (Å²) in [4.78, 5) is 2.58. The van der Waals surface area contributed by atoms with Gasteiger partial charge in [-0.3, -0.25) is 0 Å². The van der Waals surface area contributed by atoms with E-state index in [9.17, 15) is 0 Å². The molecule has 2 nitrogen and oxygen atoms in total. The number of fused-ring (bicyclic) bond motifs is 1. The summed E-state index contributed by atoms with van der Waals surface area (Å²) in [7, 11) is 0. The number of benzene rings is 1. The molecule has 0 unspecified atom stereocenters. The maximum absolute atomic E-state index is 3.50. The molecule has 0 saturated carbocycles. The van der Waals surface area contributed by atoms with Crippen LogP contribution in [-0.4, -0.2) is 19.6 Å². The van der Waals surface area contributed by atoms with Gasteiger partial charge in [-0.2, -0.15) is 0 Å². The Kier molecular flexibility index (Phi) is 3.66.